The lowest BCUT2D eigenvalue weighted by atomic mass is 9.96. The van der Waals surface area contributed by atoms with Crippen molar-refractivity contribution in [3.63, 3.8) is 0 Å². The zero-order chi connectivity index (χ0) is 10.7. The van der Waals surface area contributed by atoms with Crippen molar-refractivity contribution in [2.24, 2.45) is 11.7 Å². The molecule has 80 valence electrons. The molecule has 1 saturated carbocycles. The summed E-state index contributed by atoms with van der Waals surface area (Å²) in [6.07, 6.45) is 6.12. The van der Waals surface area contributed by atoms with Gasteiger partial charge in [-0.25, -0.2) is 0 Å². The van der Waals surface area contributed by atoms with E-state index in [0.29, 0.717) is 6.54 Å². The summed E-state index contributed by atoms with van der Waals surface area (Å²) in [7, 11) is 0. The number of rotatable bonds is 3. The van der Waals surface area contributed by atoms with Gasteiger partial charge in [0.2, 0.25) is 0 Å². The van der Waals surface area contributed by atoms with Crippen molar-refractivity contribution in [2.45, 2.75) is 32.2 Å². The van der Waals surface area contributed by atoms with Crippen LogP contribution < -0.4 is 5.73 Å². The molecule has 3 heteroatoms. The zero-order valence-electron chi connectivity index (χ0n) is 8.78. The third-order valence-corrected chi connectivity index (χ3v) is 3.04. The number of carbonyl (C=O) groups excluding carboxylic acids is 1. The van der Waals surface area contributed by atoms with E-state index >= 15 is 0 Å². The Labute approximate surface area is 89.7 Å². The molecule has 1 heterocycles. The monoisotopic (exact) mass is 204 g/mol. The lowest BCUT2D eigenvalue weighted by Gasteiger charge is -2.08. The molecular formula is C12H16N2O. The van der Waals surface area contributed by atoms with E-state index in [2.05, 4.69) is 4.98 Å². The molecule has 1 fully saturated rings. The Hall–Kier alpha value is -1.22. The van der Waals surface area contributed by atoms with Gasteiger partial charge in [-0.15, -0.1) is 0 Å². The SMILES string of the molecule is NCc1cc(C(=O)C2CCCC2)ccn1. The third kappa shape index (κ3) is 2.23. The standard InChI is InChI=1S/C12H16N2O/c13-8-11-7-10(5-6-14-11)12(15)9-3-1-2-4-9/h5-7,9H,1-4,8,13H2. The second-order valence-corrected chi connectivity index (χ2v) is 4.09. The van der Waals surface area contributed by atoms with Crippen LogP contribution in [0.3, 0.4) is 0 Å². The molecule has 0 amide bonds. The molecule has 3 nitrogen and oxygen atoms in total. The average molecular weight is 204 g/mol. The Balaban J connectivity index is 2.17. The Kier molecular flexibility index (Phi) is 3.11. The second kappa shape index (κ2) is 4.53. The van der Waals surface area contributed by atoms with Gasteiger partial charge in [0.15, 0.2) is 5.78 Å². The molecule has 0 saturated heterocycles. The molecule has 0 unspecified atom stereocenters. The van der Waals surface area contributed by atoms with Crippen molar-refractivity contribution >= 4 is 5.78 Å². The van der Waals surface area contributed by atoms with Crippen molar-refractivity contribution in [1.29, 1.82) is 0 Å². The van der Waals surface area contributed by atoms with Crippen LogP contribution in [0.15, 0.2) is 18.3 Å². The number of nitrogens with zero attached hydrogens (tertiary/aromatic N) is 1. The minimum absolute atomic E-state index is 0.234. The zero-order valence-corrected chi connectivity index (χ0v) is 8.78. The first kappa shape index (κ1) is 10.3. The number of pyridine rings is 1. The minimum Gasteiger partial charge on any atom is -0.325 e. The van der Waals surface area contributed by atoms with Crippen molar-refractivity contribution in [3.05, 3.63) is 29.6 Å². The molecule has 0 atom stereocenters. The molecule has 0 aromatic carbocycles. The summed E-state index contributed by atoms with van der Waals surface area (Å²) in [6, 6.07) is 3.61. The van der Waals surface area contributed by atoms with Crippen LogP contribution in [0.5, 0.6) is 0 Å². The van der Waals surface area contributed by atoms with Gasteiger partial charge in [-0.05, 0) is 25.0 Å². The number of Topliss-reactive ketones (excluding diaryl/α,β-unsaturated/α-hetero) is 1. The van der Waals surface area contributed by atoms with E-state index in [1.807, 2.05) is 6.07 Å². The van der Waals surface area contributed by atoms with E-state index in [1.165, 1.54) is 12.8 Å². The van der Waals surface area contributed by atoms with Crippen LogP contribution >= 0.6 is 0 Å². The van der Waals surface area contributed by atoms with Gasteiger partial charge in [0, 0.05) is 24.2 Å². The second-order valence-electron chi connectivity index (χ2n) is 4.09. The Morgan fingerprint density at radius 1 is 1.47 bits per heavy atom. The number of hydrogen-bond donors (Lipinski definition) is 1. The quantitative estimate of drug-likeness (QED) is 0.765. The number of aromatic nitrogens is 1. The molecule has 1 aromatic heterocycles. The van der Waals surface area contributed by atoms with Gasteiger partial charge < -0.3 is 5.73 Å². The maximum Gasteiger partial charge on any atom is 0.166 e. The highest BCUT2D eigenvalue weighted by atomic mass is 16.1. The van der Waals surface area contributed by atoms with E-state index in [0.717, 1.165) is 24.1 Å². The molecule has 0 bridgehead atoms. The Morgan fingerprint density at radius 2 is 2.20 bits per heavy atom. The van der Waals surface area contributed by atoms with Crippen molar-refractivity contribution < 1.29 is 4.79 Å². The van der Waals surface area contributed by atoms with Crippen molar-refractivity contribution in [2.75, 3.05) is 0 Å². The number of carbonyl (C=O) groups is 1. The summed E-state index contributed by atoms with van der Waals surface area (Å²) in [4.78, 5) is 16.1. The van der Waals surface area contributed by atoms with E-state index in [9.17, 15) is 4.79 Å². The lowest BCUT2D eigenvalue weighted by molar-refractivity contribution is 0.0922. The summed E-state index contributed by atoms with van der Waals surface area (Å²) < 4.78 is 0. The van der Waals surface area contributed by atoms with Gasteiger partial charge in [0.25, 0.3) is 0 Å². The Bertz CT molecular complexity index is 356. The molecule has 1 aliphatic carbocycles. The topological polar surface area (TPSA) is 56.0 Å². The van der Waals surface area contributed by atoms with Crippen LogP contribution in [0.25, 0.3) is 0 Å². The van der Waals surface area contributed by atoms with Gasteiger partial charge in [-0.2, -0.15) is 0 Å². The third-order valence-electron chi connectivity index (χ3n) is 3.04. The predicted octanol–water partition coefficient (Wildman–Crippen LogP) is 1.91. The van der Waals surface area contributed by atoms with Crippen LogP contribution in [0, 0.1) is 5.92 Å². The van der Waals surface area contributed by atoms with Crippen LogP contribution in [-0.4, -0.2) is 10.8 Å². The fourth-order valence-electron chi connectivity index (χ4n) is 2.17. The van der Waals surface area contributed by atoms with Crippen LogP contribution in [0.1, 0.15) is 41.7 Å². The first-order chi connectivity index (χ1) is 7.31. The number of hydrogen-bond acceptors (Lipinski definition) is 3. The van der Waals surface area contributed by atoms with E-state index in [1.54, 1.807) is 12.3 Å². The number of nitrogens with two attached hydrogens (primary N) is 1. The van der Waals surface area contributed by atoms with Crippen LogP contribution in [0.4, 0.5) is 0 Å². The van der Waals surface area contributed by atoms with Crippen LogP contribution in [0.2, 0.25) is 0 Å². The summed E-state index contributed by atoms with van der Waals surface area (Å²) in [5.41, 5.74) is 7.06. The maximum atomic E-state index is 12.0. The summed E-state index contributed by atoms with van der Waals surface area (Å²) in [5, 5.41) is 0. The summed E-state index contributed by atoms with van der Waals surface area (Å²) in [5.74, 6) is 0.502. The Morgan fingerprint density at radius 3 is 2.87 bits per heavy atom. The van der Waals surface area contributed by atoms with E-state index in [-0.39, 0.29) is 11.7 Å². The highest BCUT2D eigenvalue weighted by molar-refractivity contribution is 5.97. The van der Waals surface area contributed by atoms with E-state index < -0.39 is 0 Å². The van der Waals surface area contributed by atoms with Gasteiger partial charge >= 0.3 is 0 Å². The molecule has 2 N–H and O–H groups in total. The predicted molar refractivity (Wildman–Crippen MR) is 58.4 cm³/mol. The molecule has 1 aromatic rings. The maximum absolute atomic E-state index is 12.0. The smallest absolute Gasteiger partial charge is 0.166 e. The summed E-state index contributed by atoms with van der Waals surface area (Å²) in [6.45, 7) is 0.395. The van der Waals surface area contributed by atoms with Gasteiger partial charge in [-0.1, -0.05) is 12.8 Å². The minimum atomic E-state index is 0.234. The van der Waals surface area contributed by atoms with Crippen molar-refractivity contribution in [1.82, 2.24) is 4.98 Å². The molecular weight excluding hydrogens is 188 g/mol. The highest BCUT2D eigenvalue weighted by Crippen LogP contribution is 2.27. The first-order valence-corrected chi connectivity index (χ1v) is 5.50. The fraction of sp³-hybridized carbons (Fsp3) is 0.500. The first-order valence-electron chi connectivity index (χ1n) is 5.50. The van der Waals surface area contributed by atoms with Gasteiger partial charge in [0.05, 0.1) is 5.69 Å². The van der Waals surface area contributed by atoms with Crippen molar-refractivity contribution in [3.8, 4) is 0 Å². The number of ketones is 1. The molecule has 15 heavy (non-hydrogen) atoms. The lowest BCUT2D eigenvalue weighted by Crippen LogP contribution is -2.12. The molecule has 2 rings (SSSR count). The normalized spacial score (nSPS) is 16.9. The fourth-order valence-corrected chi connectivity index (χ4v) is 2.17. The van der Waals surface area contributed by atoms with Gasteiger partial charge in [0.1, 0.15) is 0 Å². The van der Waals surface area contributed by atoms with E-state index in [4.69, 9.17) is 5.73 Å². The molecule has 0 spiro atoms. The molecule has 1 aliphatic rings. The molecule has 0 radical (unpaired) electrons. The average Bonchev–Trinajstić information content (AvgIpc) is 2.81. The molecule has 0 aliphatic heterocycles. The van der Waals surface area contributed by atoms with Crippen LogP contribution in [-0.2, 0) is 6.54 Å². The van der Waals surface area contributed by atoms with Gasteiger partial charge in [-0.3, -0.25) is 9.78 Å². The highest BCUT2D eigenvalue weighted by Gasteiger charge is 2.23. The summed E-state index contributed by atoms with van der Waals surface area (Å²) >= 11 is 0. The largest absolute Gasteiger partial charge is 0.325 e.